The number of nitrogens with one attached hydrogen (secondary N) is 1. The van der Waals surface area contributed by atoms with Crippen LogP contribution in [0.25, 0.3) is 0 Å². The molecule has 1 aromatic rings. The molecule has 0 amide bonds. The predicted octanol–water partition coefficient (Wildman–Crippen LogP) is -0.155. The lowest BCUT2D eigenvalue weighted by atomic mass is 10.4. The zero-order chi connectivity index (χ0) is 9.68. The quantitative estimate of drug-likeness (QED) is 0.667. The first-order valence-electron chi connectivity index (χ1n) is 3.41. The van der Waals surface area contributed by atoms with Crippen molar-refractivity contribution in [3.8, 4) is 6.07 Å². The van der Waals surface area contributed by atoms with Crippen molar-refractivity contribution in [2.24, 2.45) is 0 Å². The van der Waals surface area contributed by atoms with Crippen LogP contribution in [0.1, 0.15) is 5.69 Å². The molecule has 6 heteroatoms. The molecule has 0 aromatic carbocycles. The Balaban J connectivity index is 2.77. The monoisotopic (exact) mass is 178 g/mol. The molecule has 0 unspecified atom stereocenters. The van der Waals surface area contributed by atoms with Crippen LogP contribution in [0.4, 0.5) is 5.82 Å². The van der Waals surface area contributed by atoms with Crippen molar-refractivity contribution < 1.29 is 9.90 Å². The summed E-state index contributed by atoms with van der Waals surface area (Å²) < 4.78 is 0. The Labute approximate surface area is 73.9 Å². The normalized spacial score (nSPS) is 8.85. The van der Waals surface area contributed by atoms with Crippen LogP contribution in [-0.2, 0) is 4.79 Å². The summed E-state index contributed by atoms with van der Waals surface area (Å²) in [6.45, 7) is -0.284. The first-order valence-corrected chi connectivity index (χ1v) is 3.41. The molecule has 0 aliphatic carbocycles. The van der Waals surface area contributed by atoms with E-state index in [-0.39, 0.29) is 18.1 Å². The van der Waals surface area contributed by atoms with Gasteiger partial charge in [-0.3, -0.25) is 4.79 Å². The molecule has 13 heavy (non-hydrogen) atoms. The lowest BCUT2D eigenvalue weighted by molar-refractivity contribution is -0.134. The molecule has 1 heterocycles. The Morgan fingerprint density at radius 2 is 2.31 bits per heavy atom. The maximum Gasteiger partial charge on any atom is 0.322 e. The molecule has 0 radical (unpaired) electrons. The van der Waals surface area contributed by atoms with Gasteiger partial charge in [-0.15, -0.1) is 0 Å². The van der Waals surface area contributed by atoms with E-state index in [0.29, 0.717) is 0 Å². The molecule has 0 spiro atoms. The standard InChI is InChI=1S/C7H6N4O2/c8-3-5-7(10-2-1-9-5)11-4-6(12)13/h1-2H,4H2,(H,10,11)(H,12,13). The van der Waals surface area contributed by atoms with Crippen LogP contribution in [-0.4, -0.2) is 27.6 Å². The highest BCUT2D eigenvalue weighted by Crippen LogP contribution is 2.04. The van der Waals surface area contributed by atoms with Gasteiger partial charge < -0.3 is 10.4 Å². The van der Waals surface area contributed by atoms with Crippen molar-refractivity contribution in [2.75, 3.05) is 11.9 Å². The fraction of sp³-hybridized carbons (Fsp3) is 0.143. The van der Waals surface area contributed by atoms with Gasteiger partial charge in [-0.2, -0.15) is 5.26 Å². The van der Waals surface area contributed by atoms with Crippen LogP contribution in [0.5, 0.6) is 0 Å². The van der Waals surface area contributed by atoms with Crippen molar-refractivity contribution in [1.29, 1.82) is 5.26 Å². The van der Waals surface area contributed by atoms with E-state index in [1.807, 2.05) is 0 Å². The van der Waals surface area contributed by atoms with Crippen molar-refractivity contribution in [3.05, 3.63) is 18.1 Å². The minimum atomic E-state index is -1.02. The maximum absolute atomic E-state index is 10.2. The summed E-state index contributed by atoms with van der Waals surface area (Å²) in [5, 5.41) is 19.4. The summed E-state index contributed by atoms with van der Waals surface area (Å²) >= 11 is 0. The van der Waals surface area contributed by atoms with E-state index in [0.717, 1.165) is 0 Å². The summed E-state index contributed by atoms with van der Waals surface area (Å²) in [4.78, 5) is 17.6. The number of carboxylic acid groups (broad SMARTS) is 1. The van der Waals surface area contributed by atoms with Gasteiger partial charge in [0, 0.05) is 12.4 Å². The molecule has 0 aliphatic rings. The van der Waals surface area contributed by atoms with Crippen LogP contribution < -0.4 is 5.32 Å². The van der Waals surface area contributed by atoms with Gasteiger partial charge in [0.1, 0.15) is 12.6 Å². The summed E-state index contributed by atoms with van der Waals surface area (Å²) in [6.07, 6.45) is 2.75. The van der Waals surface area contributed by atoms with Gasteiger partial charge in [-0.25, -0.2) is 9.97 Å². The summed E-state index contributed by atoms with van der Waals surface area (Å²) in [5.41, 5.74) is 0.0868. The Morgan fingerprint density at radius 3 is 2.92 bits per heavy atom. The smallest absolute Gasteiger partial charge is 0.322 e. The summed E-state index contributed by atoms with van der Waals surface area (Å²) in [7, 11) is 0. The van der Waals surface area contributed by atoms with E-state index in [1.54, 1.807) is 6.07 Å². The van der Waals surface area contributed by atoms with E-state index in [1.165, 1.54) is 12.4 Å². The second-order valence-corrected chi connectivity index (χ2v) is 2.11. The number of carboxylic acids is 1. The maximum atomic E-state index is 10.2. The molecule has 1 aromatic heterocycles. The number of anilines is 1. The van der Waals surface area contributed by atoms with E-state index < -0.39 is 5.97 Å². The molecule has 0 saturated carbocycles. The molecule has 0 fully saturated rings. The summed E-state index contributed by atoms with van der Waals surface area (Å²) in [5.74, 6) is -0.832. The minimum absolute atomic E-state index is 0.0868. The second-order valence-electron chi connectivity index (χ2n) is 2.11. The molecular formula is C7H6N4O2. The van der Waals surface area contributed by atoms with Gasteiger partial charge in [0.25, 0.3) is 0 Å². The zero-order valence-electron chi connectivity index (χ0n) is 6.56. The lowest BCUT2D eigenvalue weighted by Crippen LogP contribution is -2.14. The molecule has 0 aliphatic heterocycles. The molecular weight excluding hydrogens is 172 g/mol. The number of hydrogen-bond acceptors (Lipinski definition) is 5. The van der Waals surface area contributed by atoms with Crippen molar-refractivity contribution in [3.63, 3.8) is 0 Å². The number of hydrogen-bond donors (Lipinski definition) is 2. The Kier molecular flexibility index (Phi) is 2.76. The van der Waals surface area contributed by atoms with E-state index in [2.05, 4.69) is 15.3 Å². The molecule has 6 nitrogen and oxygen atoms in total. The van der Waals surface area contributed by atoms with Crippen molar-refractivity contribution in [2.45, 2.75) is 0 Å². The van der Waals surface area contributed by atoms with Crippen LogP contribution >= 0.6 is 0 Å². The van der Waals surface area contributed by atoms with E-state index >= 15 is 0 Å². The van der Waals surface area contributed by atoms with Gasteiger partial charge in [0.05, 0.1) is 0 Å². The van der Waals surface area contributed by atoms with Gasteiger partial charge >= 0.3 is 5.97 Å². The zero-order valence-corrected chi connectivity index (χ0v) is 6.56. The Hall–Kier alpha value is -2.16. The van der Waals surface area contributed by atoms with E-state index in [4.69, 9.17) is 10.4 Å². The second kappa shape index (κ2) is 4.01. The highest BCUT2D eigenvalue weighted by atomic mass is 16.4. The third kappa shape index (κ3) is 2.41. The predicted molar refractivity (Wildman–Crippen MR) is 42.9 cm³/mol. The third-order valence-electron chi connectivity index (χ3n) is 1.21. The minimum Gasteiger partial charge on any atom is -0.480 e. The van der Waals surface area contributed by atoms with Crippen LogP contribution in [0.2, 0.25) is 0 Å². The van der Waals surface area contributed by atoms with Gasteiger partial charge in [-0.05, 0) is 0 Å². The van der Waals surface area contributed by atoms with Crippen LogP contribution in [0.3, 0.4) is 0 Å². The largest absolute Gasteiger partial charge is 0.480 e. The van der Waals surface area contributed by atoms with Crippen molar-refractivity contribution in [1.82, 2.24) is 9.97 Å². The topological polar surface area (TPSA) is 98.9 Å². The van der Waals surface area contributed by atoms with E-state index in [9.17, 15) is 4.79 Å². The molecule has 1 rings (SSSR count). The molecule has 2 N–H and O–H groups in total. The number of aliphatic carboxylic acids is 1. The fourth-order valence-corrected chi connectivity index (χ4v) is 0.709. The Bertz CT molecular complexity index is 358. The van der Waals surface area contributed by atoms with Crippen LogP contribution in [0.15, 0.2) is 12.4 Å². The fourth-order valence-electron chi connectivity index (χ4n) is 0.709. The van der Waals surface area contributed by atoms with Gasteiger partial charge in [0.15, 0.2) is 11.5 Å². The first-order chi connectivity index (χ1) is 6.24. The number of nitrogens with zero attached hydrogens (tertiary/aromatic N) is 3. The lowest BCUT2D eigenvalue weighted by Gasteiger charge is -2.01. The highest BCUT2D eigenvalue weighted by Gasteiger charge is 2.04. The average molecular weight is 178 g/mol. The number of nitriles is 1. The SMILES string of the molecule is N#Cc1nccnc1NCC(=O)O. The molecule has 0 atom stereocenters. The molecule has 0 saturated heterocycles. The van der Waals surface area contributed by atoms with Crippen LogP contribution in [0, 0.1) is 11.3 Å². The van der Waals surface area contributed by atoms with Gasteiger partial charge in [-0.1, -0.05) is 0 Å². The number of rotatable bonds is 3. The Morgan fingerprint density at radius 1 is 1.62 bits per heavy atom. The summed E-state index contributed by atoms with van der Waals surface area (Å²) in [6, 6.07) is 1.79. The third-order valence-corrected chi connectivity index (χ3v) is 1.21. The van der Waals surface area contributed by atoms with Gasteiger partial charge in [0.2, 0.25) is 0 Å². The number of carbonyl (C=O) groups is 1. The highest BCUT2D eigenvalue weighted by molar-refractivity contribution is 5.72. The number of aromatic nitrogens is 2. The van der Waals surface area contributed by atoms with Crippen molar-refractivity contribution >= 4 is 11.8 Å². The molecule has 0 bridgehead atoms. The average Bonchev–Trinajstić information content (AvgIpc) is 2.15. The first kappa shape index (κ1) is 8.93. The molecule has 66 valence electrons.